The molecule has 0 aliphatic carbocycles. The smallest absolute Gasteiger partial charge is 0.165 e. The Morgan fingerprint density at radius 2 is 2.00 bits per heavy atom. The van der Waals surface area contributed by atoms with Crippen molar-refractivity contribution in [2.24, 2.45) is 0 Å². The number of anilines is 1. The summed E-state index contributed by atoms with van der Waals surface area (Å²) in [6, 6.07) is 7.81. The van der Waals surface area contributed by atoms with Crippen molar-refractivity contribution in [1.29, 1.82) is 0 Å². The molecule has 20 heavy (non-hydrogen) atoms. The van der Waals surface area contributed by atoms with Gasteiger partial charge in [0.1, 0.15) is 11.6 Å². The highest BCUT2D eigenvalue weighted by Crippen LogP contribution is 2.29. The van der Waals surface area contributed by atoms with Crippen LogP contribution in [0.2, 0.25) is 0 Å². The molecule has 0 bridgehead atoms. The minimum Gasteiger partial charge on any atom is -0.496 e. The molecule has 1 N–H and O–H groups in total. The second kappa shape index (κ2) is 6.88. The molecule has 0 spiro atoms. The van der Waals surface area contributed by atoms with Gasteiger partial charge in [-0.1, -0.05) is 19.1 Å². The fraction of sp³-hybridized carbons (Fsp3) is 0.333. The molecule has 0 amide bonds. The highest BCUT2D eigenvalue weighted by atomic mass is 127. The number of rotatable bonds is 5. The van der Waals surface area contributed by atoms with Gasteiger partial charge in [0.15, 0.2) is 5.82 Å². The Morgan fingerprint density at radius 1 is 1.25 bits per heavy atom. The van der Waals surface area contributed by atoms with E-state index in [0.717, 1.165) is 39.4 Å². The number of halogens is 1. The van der Waals surface area contributed by atoms with Crippen molar-refractivity contribution in [3.05, 3.63) is 33.5 Å². The number of ether oxygens (including phenoxy) is 1. The molecular weight excluding hydrogens is 365 g/mol. The summed E-state index contributed by atoms with van der Waals surface area (Å²) in [6.45, 7) is 5.03. The molecule has 1 aromatic heterocycles. The summed E-state index contributed by atoms with van der Waals surface area (Å²) < 4.78 is 6.45. The van der Waals surface area contributed by atoms with Crippen molar-refractivity contribution >= 4 is 28.4 Å². The maximum atomic E-state index is 5.39. The summed E-state index contributed by atoms with van der Waals surface area (Å²) in [7, 11) is 1.66. The Hall–Kier alpha value is -1.37. The second-order valence-electron chi connectivity index (χ2n) is 4.42. The van der Waals surface area contributed by atoms with E-state index < -0.39 is 0 Å². The van der Waals surface area contributed by atoms with Crippen LogP contribution in [0.3, 0.4) is 0 Å². The van der Waals surface area contributed by atoms with E-state index in [1.165, 1.54) is 0 Å². The van der Waals surface area contributed by atoms with Crippen molar-refractivity contribution < 1.29 is 4.74 Å². The van der Waals surface area contributed by atoms with E-state index in [4.69, 9.17) is 4.74 Å². The highest BCUT2D eigenvalue weighted by Gasteiger charge is 2.13. The molecule has 0 fully saturated rings. The zero-order chi connectivity index (χ0) is 14.5. The zero-order valence-electron chi connectivity index (χ0n) is 11.9. The Labute approximate surface area is 133 Å². The summed E-state index contributed by atoms with van der Waals surface area (Å²) >= 11 is 2.28. The molecule has 1 aromatic carbocycles. The van der Waals surface area contributed by atoms with Gasteiger partial charge in [-0.2, -0.15) is 0 Å². The van der Waals surface area contributed by atoms with E-state index in [2.05, 4.69) is 44.8 Å². The number of aryl methyl sites for hydroxylation is 1. The molecule has 2 aromatic rings. The van der Waals surface area contributed by atoms with Gasteiger partial charge >= 0.3 is 0 Å². The van der Waals surface area contributed by atoms with Crippen molar-refractivity contribution in [3.63, 3.8) is 0 Å². The fourth-order valence-electron chi connectivity index (χ4n) is 1.87. The molecule has 0 atom stereocenters. The average molecular weight is 383 g/mol. The third-order valence-electron chi connectivity index (χ3n) is 2.91. The van der Waals surface area contributed by atoms with Crippen LogP contribution in [0.15, 0.2) is 24.3 Å². The number of benzene rings is 1. The van der Waals surface area contributed by atoms with Crippen LogP contribution in [0.5, 0.6) is 5.75 Å². The van der Waals surface area contributed by atoms with E-state index >= 15 is 0 Å². The summed E-state index contributed by atoms with van der Waals surface area (Å²) in [5.74, 6) is 2.37. The van der Waals surface area contributed by atoms with Gasteiger partial charge in [-0.3, -0.25) is 0 Å². The van der Waals surface area contributed by atoms with Gasteiger partial charge in [-0.15, -0.1) is 0 Å². The molecule has 0 aliphatic rings. The third-order valence-corrected chi connectivity index (χ3v) is 4.20. The Morgan fingerprint density at radius 3 is 2.70 bits per heavy atom. The lowest BCUT2D eigenvalue weighted by Gasteiger charge is -2.12. The quantitative estimate of drug-likeness (QED) is 0.796. The Balaban J connectivity index is 2.49. The summed E-state index contributed by atoms with van der Waals surface area (Å²) in [6.07, 6.45) is 1.06. The predicted octanol–water partition coefficient (Wildman–Crippen LogP) is 3.89. The summed E-state index contributed by atoms with van der Waals surface area (Å²) in [5, 5.41) is 3.35. The zero-order valence-corrected chi connectivity index (χ0v) is 14.1. The van der Waals surface area contributed by atoms with Gasteiger partial charge < -0.3 is 10.1 Å². The Kier molecular flexibility index (Phi) is 5.17. The standard InChI is InChI=1S/C15H18IN3O/c1-4-9-17-15-13(16)10(2)18-14(19-15)11-7-5-6-8-12(11)20-3/h5-8H,4,9H2,1-3H3,(H,17,18,19). The topological polar surface area (TPSA) is 47.0 Å². The molecule has 0 unspecified atom stereocenters. The van der Waals surface area contributed by atoms with Gasteiger partial charge in [-0.25, -0.2) is 9.97 Å². The third kappa shape index (κ3) is 3.20. The minimum absolute atomic E-state index is 0.693. The van der Waals surface area contributed by atoms with E-state index in [9.17, 15) is 0 Å². The van der Waals surface area contributed by atoms with Gasteiger partial charge in [0.05, 0.1) is 21.9 Å². The fourth-order valence-corrected chi connectivity index (χ4v) is 2.30. The lowest BCUT2D eigenvalue weighted by Crippen LogP contribution is -2.08. The number of nitrogens with one attached hydrogen (secondary N) is 1. The number of hydrogen-bond donors (Lipinski definition) is 1. The molecule has 1 heterocycles. The molecule has 0 radical (unpaired) electrons. The van der Waals surface area contributed by atoms with Crippen molar-refractivity contribution in [3.8, 4) is 17.1 Å². The molecule has 106 valence electrons. The predicted molar refractivity (Wildman–Crippen MR) is 90.3 cm³/mol. The van der Waals surface area contributed by atoms with Crippen LogP contribution in [0.25, 0.3) is 11.4 Å². The minimum atomic E-state index is 0.693. The number of para-hydroxylation sites is 1. The number of nitrogens with zero attached hydrogens (tertiary/aromatic N) is 2. The SMILES string of the molecule is CCCNc1nc(-c2ccccc2OC)nc(C)c1I. The lowest BCUT2D eigenvalue weighted by molar-refractivity contribution is 0.416. The van der Waals surface area contributed by atoms with Crippen LogP contribution in [0, 0.1) is 10.5 Å². The first-order valence-electron chi connectivity index (χ1n) is 6.58. The first-order valence-corrected chi connectivity index (χ1v) is 7.66. The largest absolute Gasteiger partial charge is 0.496 e. The first kappa shape index (κ1) is 15.0. The molecule has 4 nitrogen and oxygen atoms in total. The number of hydrogen-bond acceptors (Lipinski definition) is 4. The monoisotopic (exact) mass is 383 g/mol. The van der Waals surface area contributed by atoms with Gasteiger partial charge in [0.25, 0.3) is 0 Å². The maximum Gasteiger partial charge on any atom is 0.165 e. The van der Waals surface area contributed by atoms with Crippen LogP contribution >= 0.6 is 22.6 Å². The van der Waals surface area contributed by atoms with Crippen molar-refractivity contribution in [2.75, 3.05) is 19.0 Å². The van der Waals surface area contributed by atoms with E-state index in [1.54, 1.807) is 7.11 Å². The summed E-state index contributed by atoms with van der Waals surface area (Å²) in [5.41, 5.74) is 1.88. The van der Waals surface area contributed by atoms with Crippen LogP contribution < -0.4 is 10.1 Å². The van der Waals surface area contributed by atoms with Gasteiger partial charge in [0.2, 0.25) is 0 Å². The Bertz CT molecular complexity index is 602. The molecule has 2 rings (SSSR count). The van der Waals surface area contributed by atoms with Gasteiger partial charge in [-0.05, 0) is 48.1 Å². The van der Waals surface area contributed by atoms with Gasteiger partial charge in [0, 0.05) is 6.54 Å². The molecular formula is C15H18IN3O. The average Bonchev–Trinajstić information content (AvgIpc) is 2.48. The van der Waals surface area contributed by atoms with E-state index in [1.807, 2.05) is 31.2 Å². The van der Waals surface area contributed by atoms with Crippen molar-refractivity contribution in [2.45, 2.75) is 20.3 Å². The van der Waals surface area contributed by atoms with Crippen LogP contribution in [-0.2, 0) is 0 Å². The van der Waals surface area contributed by atoms with Crippen molar-refractivity contribution in [1.82, 2.24) is 9.97 Å². The van der Waals surface area contributed by atoms with Crippen LogP contribution in [0.1, 0.15) is 19.0 Å². The number of methoxy groups -OCH3 is 1. The summed E-state index contributed by atoms with van der Waals surface area (Å²) in [4.78, 5) is 9.22. The lowest BCUT2D eigenvalue weighted by atomic mass is 10.2. The molecule has 5 heteroatoms. The van der Waals surface area contributed by atoms with Crippen LogP contribution in [0.4, 0.5) is 5.82 Å². The number of aromatic nitrogens is 2. The van der Waals surface area contributed by atoms with E-state index in [0.29, 0.717) is 5.82 Å². The molecule has 0 aliphatic heterocycles. The molecule has 0 saturated heterocycles. The highest BCUT2D eigenvalue weighted by molar-refractivity contribution is 14.1. The second-order valence-corrected chi connectivity index (χ2v) is 5.50. The van der Waals surface area contributed by atoms with Crippen LogP contribution in [-0.4, -0.2) is 23.6 Å². The maximum absolute atomic E-state index is 5.39. The van der Waals surface area contributed by atoms with E-state index in [-0.39, 0.29) is 0 Å². The molecule has 0 saturated carbocycles. The normalized spacial score (nSPS) is 10.4. The first-order chi connectivity index (χ1) is 9.67.